The van der Waals surface area contributed by atoms with E-state index in [1.807, 2.05) is 11.8 Å². The summed E-state index contributed by atoms with van der Waals surface area (Å²) in [5, 5.41) is 5.10. The first-order valence-corrected chi connectivity index (χ1v) is 13.0. The van der Waals surface area contributed by atoms with Crippen LogP contribution in [0.5, 0.6) is 0 Å². The summed E-state index contributed by atoms with van der Waals surface area (Å²) in [5.41, 5.74) is -1.19. The fourth-order valence-corrected chi connectivity index (χ4v) is 4.84. The highest BCUT2D eigenvalue weighted by Gasteiger charge is 2.42. The Morgan fingerprint density at radius 3 is 2.50 bits per heavy atom. The summed E-state index contributed by atoms with van der Waals surface area (Å²) >= 11 is 0. The van der Waals surface area contributed by atoms with Gasteiger partial charge in [0.1, 0.15) is 11.6 Å². The van der Waals surface area contributed by atoms with Crippen molar-refractivity contribution in [3.05, 3.63) is 53.8 Å². The molecule has 0 spiro atoms. The van der Waals surface area contributed by atoms with Crippen LogP contribution in [0.15, 0.2) is 46.8 Å². The predicted octanol–water partition coefficient (Wildman–Crippen LogP) is 4.20. The first-order chi connectivity index (χ1) is 19.1. The van der Waals surface area contributed by atoms with Gasteiger partial charge in [0.05, 0.1) is 17.9 Å². The van der Waals surface area contributed by atoms with Crippen LogP contribution in [0.3, 0.4) is 0 Å². The van der Waals surface area contributed by atoms with Crippen molar-refractivity contribution in [3.63, 3.8) is 0 Å². The van der Waals surface area contributed by atoms with E-state index in [4.69, 9.17) is 4.42 Å². The Labute approximate surface area is 227 Å². The van der Waals surface area contributed by atoms with E-state index in [0.717, 1.165) is 6.42 Å². The van der Waals surface area contributed by atoms with Crippen LogP contribution in [0.4, 0.5) is 39.9 Å². The Balaban J connectivity index is 1.18. The minimum Gasteiger partial charge on any atom is -0.417 e. The lowest BCUT2D eigenvalue weighted by atomic mass is 10.1. The summed E-state index contributed by atoms with van der Waals surface area (Å²) < 4.78 is 60.0. The van der Waals surface area contributed by atoms with Gasteiger partial charge in [-0.05, 0) is 37.0 Å². The number of carbonyl (C=O) groups excluding carboxylic acids is 2. The van der Waals surface area contributed by atoms with E-state index in [2.05, 4.69) is 20.6 Å². The molecular weight excluding hydrogens is 534 g/mol. The molecule has 2 aromatic heterocycles. The second kappa shape index (κ2) is 11.2. The smallest absolute Gasteiger partial charge is 0.417 e. The molecule has 2 aromatic rings. The van der Waals surface area contributed by atoms with Gasteiger partial charge in [-0.3, -0.25) is 4.79 Å². The van der Waals surface area contributed by atoms with Crippen molar-refractivity contribution < 1.29 is 31.6 Å². The van der Waals surface area contributed by atoms with Gasteiger partial charge in [0.2, 0.25) is 5.76 Å². The van der Waals surface area contributed by atoms with Crippen LogP contribution in [0, 0.1) is 5.92 Å². The van der Waals surface area contributed by atoms with Crippen molar-refractivity contribution in [1.29, 1.82) is 0 Å². The summed E-state index contributed by atoms with van der Waals surface area (Å²) in [6, 6.07) is 1.92. The minimum absolute atomic E-state index is 0.184. The molecule has 0 radical (unpaired) electrons. The van der Waals surface area contributed by atoms with Gasteiger partial charge in [-0.2, -0.15) is 18.2 Å². The van der Waals surface area contributed by atoms with E-state index in [-0.39, 0.29) is 29.5 Å². The molecule has 2 fully saturated rings. The number of urea groups is 1. The molecule has 3 amide bonds. The SMILES string of the molecule is CC1CCN(c2nc(C(F)(F)F)c(C(=O)Nc3ccc(N4CCN(C(=O)NC5CC=CC=C5F)CC4)nc3)o2)C1. The summed E-state index contributed by atoms with van der Waals surface area (Å²) in [4.78, 5) is 38.3. The zero-order chi connectivity index (χ0) is 28.4. The lowest BCUT2D eigenvalue weighted by Crippen LogP contribution is -2.53. The number of hydrogen-bond acceptors (Lipinski definition) is 7. The van der Waals surface area contributed by atoms with E-state index in [0.29, 0.717) is 51.5 Å². The van der Waals surface area contributed by atoms with Crippen LogP contribution in [-0.2, 0) is 6.18 Å². The van der Waals surface area contributed by atoms with Crippen LogP contribution >= 0.6 is 0 Å². The maximum Gasteiger partial charge on any atom is 0.437 e. The highest BCUT2D eigenvalue weighted by molar-refractivity contribution is 6.03. The lowest BCUT2D eigenvalue weighted by molar-refractivity contribution is -0.141. The largest absolute Gasteiger partial charge is 0.437 e. The van der Waals surface area contributed by atoms with Gasteiger partial charge >= 0.3 is 12.2 Å². The molecule has 10 nitrogen and oxygen atoms in total. The second-order valence-electron chi connectivity index (χ2n) is 10.1. The third-order valence-corrected chi connectivity index (χ3v) is 7.08. The highest BCUT2D eigenvalue weighted by Crippen LogP contribution is 2.35. The normalized spacial score (nSPS) is 21.4. The van der Waals surface area contributed by atoms with Gasteiger partial charge < -0.3 is 29.8 Å². The molecule has 214 valence electrons. The Bertz CT molecular complexity index is 1300. The number of nitrogens with zero attached hydrogens (tertiary/aromatic N) is 5. The van der Waals surface area contributed by atoms with Gasteiger partial charge in [0.25, 0.3) is 11.9 Å². The summed E-state index contributed by atoms with van der Waals surface area (Å²) in [6.07, 6.45) is 2.40. The zero-order valence-corrected chi connectivity index (χ0v) is 21.7. The Morgan fingerprint density at radius 1 is 1.10 bits per heavy atom. The number of piperazine rings is 1. The van der Waals surface area contributed by atoms with Crippen LogP contribution < -0.4 is 20.4 Å². The molecule has 0 bridgehead atoms. The molecule has 14 heteroatoms. The summed E-state index contributed by atoms with van der Waals surface area (Å²) in [5.74, 6) is -1.51. The molecule has 2 N–H and O–H groups in total. The van der Waals surface area contributed by atoms with E-state index in [9.17, 15) is 27.2 Å². The molecule has 2 unspecified atom stereocenters. The molecule has 0 aromatic carbocycles. The van der Waals surface area contributed by atoms with Crippen molar-refractivity contribution in [2.75, 3.05) is 54.4 Å². The molecule has 40 heavy (non-hydrogen) atoms. The van der Waals surface area contributed by atoms with Crippen molar-refractivity contribution in [2.45, 2.75) is 32.0 Å². The molecule has 3 aliphatic rings. The van der Waals surface area contributed by atoms with Crippen LogP contribution in [0.1, 0.15) is 36.0 Å². The molecule has 2 saturated heterocycles. The fraction of sp³-hybridized carbons (Fsp3) is 0.462. The number of amides is 3. The maximum atomic E-state index is 13.9. The van der Waals surface area contributed by atoms with E-state index in [1.54, 1.807) is 28.0 Å². The quantitative estimate of drug-likeness (QED) is 0.526. The number of pyridine rings is 1. The van der Waals surface area contributed by atoms with Gasteiger partial charge in [0.15, 0.2) is 5.69 Å². The maximum absolute atomic E-state index is 13.9. The molecule has 2 aliphatic heterocycles. The topological polar surface area (TPSA) is 107 Å². The zero-order valence-electron chi connectivity index (χ0n) is 21.7. The number of oxazole rings is 1. The van der Waals surface area contributed by atoms with Crippen molar-refractivity contribution in [3.8, 4) is 0 Å². The Hall–Kier alpha value is -4.10. The van der Waals surface area contributed by atoms with Gasteiger partial charge in [-0.1, -0.05) is 19.1 Å². The van der Waals surface area contributed by atoms with E-state index < -0.39 is 29.6 Å². The average Bonchev–Trinajstić information content (AvgIpc) is 3.57. The number of hydrogen-bond donors (Lipinski definition) is 2. The lowest BCUT2D eigenvalue weighted by Gasteiger charge is -2.36. The molecular formula is C26H29F4N7O3. The molecule has 1 aliphatic carbocycles. The van der Waals surface area contributed by atoms with Crippen molar-refractivity contribution >= 4 is 29.5 Å². The standard InChI is InChI=1S/C26H29F4N7O3/c1-16-8-9-37(15-16)25-34-22(26(28,29)30)21(40-25)23(38)32-17-6-7-20(31-14-17)35-10-12-36(13-11-35)24(39)33-19-5-3-2-4-18(19)27/h2-4,6-7,14,16,19H,5,8-13,15H2,1H3,(H,32,38)(H,33,39). The first-order valence-electron chi connectivity index (χ1n) is 13.0. The number of halogens is 4. The average molecular weight is 564 g/mol. The van der Waals surface area contributed by atoms with Gasteiger partial charge in [-0.15, -0.1) is 0 Å². The van der Waals surface area contributed by atoms with Gasteiger partial charge in [0, 0.05) is 39.3 Å². The van der Waals surface area contributed by atoms with Crippen LogP contribution in [-0.4, -0.2) is 72.1 Å². The minimum atomic E-state index is -4.86. The van der Waals surface area contributed by atoms with Crippen LogP contribution in [0.2, 0.25) is 0 Å². The number of aromatic nitrogens is 2. The Morgan fingerprint density at radius 2 is 1.88 bits per heavy atom. The number of allylic oxidation sites excluding steroid dienone is 2. The molecule has 2 atom stereocenters. The third kappa shape index (κ3) is 6.05. The summed E-state index contributed by atoms with van der Waals surface area (Å²) in [6.45, 7) is 4.70. The van der Waals surface area contributed by atoms with Gasteiger partial charge in [-0.25, -0.2) is 14.2 Å². The number of alkyl halides is 3. The highest BCUT2D eigenvalue weighted by atomic mass is 19.4. The number of rotatable bonds is 5. The molecule has 5 rings (SSSR count). The first kappa shape index (κ1) is 27.5. The van der Waals surface area contributed by atoms with Crippen LogP contribution in [0.25, 0.3) is 0 Å². The third-order valence-electron chi connectivity index (χ3n) is 7.08. The Kier molecular flexibility index (Phi) is 7.68. The second-order valence-corrected chi connectivity index (χ2v) is 10.1. The monoisotopic (exact) mass is 563 g/mol. The predicted molar refractivity (Wildman–Crippen MR) is 139 cm³/mol. The number of nitrogens with one attached hydrogen (secondary N) is 2. The molecule has 0 saturated carbocycles. The van der Waals surface area contributed by atoms with Crippen molar-refractivity contribution in [2.24, 2.45) is 5.92 Å². The molecule has 4 heterocycles. The number of carbonyl (C=O) groups is 2. The van der Waals surface area contributed by atoms with E-state index in [1.165, 1.54) is 18.3 Å². The van der Waals surface area contributed by atoms with E-state index >= 15 is 0 Å². The van der Waals surface area contributed by atoms with Crippen molar-refractivity contribution in [1.82, 2.24) is 20.2 Å². The number of anilines is 3. The summed E-state index contributed by atoms with van der Waals surface area (Å²) in [7, 11) is 0. The fourth-order valence-electron chi connectivity index (χ4n) is 4.84.